The number of nitrogens with one attached hydrogen (secondary N) is 1. The van der Waals surface area contributed by atoms with Crippen LogP contribution in [-0.2, 0) is 11.2 Å². The van der Waals surface area contributed by atoms with Gasteiger partial charge in [-0.05, 0) is 78.3 Å². The van der Waals surface area contributed by atoms with E-state index >= 15 is 0 Å². The quantitative estimate of drug-likeness (QED) is 0.694. The highest BCUT2D eigenvalue weighted by Crippen LogP contribution is 2.42. The van der Waals surface area contributed by atoms with Gasteiger partial charge >= 0.3 is 0 Å². The maximum Gasteiger partial charge on any atom is 0.253 e. The van der Waals surface area contributed by atoms with Gasteiger partial charge in [0.1, 0.15) is 0 Å². The fraction of sp³-hybridized carbons (Fsp3) is 0.552. The average molecular weight is 475 g/mol. The van der Waals surface area contributed by atoms with Crippen LogP contribution in [0.4, 0.5) is 5.69 Å². The number of fused-ring (bicyclic) bond motifs is 1. The normalized spacial score (nSPS) is 21.3. The van der Waals surface area contributed by atoms with Crippen LogP contribution in [0.25, 0.3) is 0 Å². The van der Waals surface area contributed by atoms with E-state index in [1.165, 1.54) is 17.7 Å². The van der Waals surface area contributed by atoms with Crippen LogP contribution in [0.5, 0.6) is 0 Å². The van der Waals surface area contributed by atoms with Gasteiger partial charge in [-0.15, -0.1) is 0 Å². The number of rotatable bonds is 4. The number of piperidine rings is 1. The number of aryl methyl sites for hydroxylation is 1. The molecule has 1 aromatic heterocycles. The number of benzene rings is 1. The van der Waals surface area contributed by atoms with E-state index in [1.54, 1.807) is 0 Å². The molecular weight excluding hydrogens is 436 g/mol. The molecule has 1 aliphatic carbocycles. The minimum absolute atomic E-state index is 0.00915. The lowest BCUT2D eigenvalue weighted by Crippen LogP contribution is -2.44. The van der Waals surface area contributed by atoms with Crippen LogP contribution in [0.2, 0.25) is 0 Å². The van der Waals surface area contributed by atoms with Crippen molar-refractivity contribution in [2.24, 2.45) is 10.8 Å². The van der Waals surface area contributed by atoms with Crippen molar-refractivity contribution in [1.29, 1.82) is 0 Å². The molecule has 6 nitrogen and oxygen atoms in total. The molecule has 186 valence electrons. The molecule has 1 unspecified atom stereocenters. The maximum atomic E-state index is 13.4. The van der Waals surface area contributed by atoms with Crippen molar-refractivity contribution >= 4 is 17.5 Å². The molecule has 1 spiro atoms. The highest BCUT2D eigenvalue weighted by Gasteiger charge is 2.41. The van der Waals surface area contributed by atoms with Crippen molar-refractivity contribution in [3.63, 3.8) is 0 Å². The van der Waals surface area contributed by atoms with Crippen LogP contribution >= 0.6 is 0 Å². The molecule has 2 saturated heterocycles. The van der Waals surface area contributed by atoms with Crippen molar-refractivity contribution in [1.82, 2.24) is 15.2 Å². The van der Waals surface area contributed by atoms with Crippen molar-refractivity contribution in [3.8, 4) is 0 Å². The lowest BCUT2D eigenvalue weighted by atomic mass is 9.77. The number of nitrogens with zero attached hydrogens (tertiary/aromatic N) is 3. The second kappa shape index (κ2) is 9.29. The first-order chi connectivity index (χ1) is 16.7. The Hall–Kier alpha value is -2.89. The number of hydrogen-bond donors (Lipinski definition) is 1. The summed E-state index contributed by atoms with van der Waals surface area (Å²) in [5.74, 6) is 0.212. The number of hydrogen-bond acceptors (Lipinski definition) is 4. The number of pyridine rings is 1. The molecule has 2 fully saturated rings. The van der Waals surface area contributed by atoms with Gasteiger partial charge in [0.05, 0.1) is 6.04 Å². The second-order valence-electron chi connectivity index (χ2n) is 12.0. The summed E-state index contributed by atoms with van der Waals surface area (Å²) < 4.78 is 0. The first kappa shape index (κ1) is 23.8. The molecule has 0 saturated carbocycles. The average Bonchev–Trinajstić information content (AvgIpc) is 3.43. The summed E-state index contributed by atoms with van der Waals surface area (Å²) in [6.07, 6.45) is 9.37. The van der Waals surface area contributed by atoms with E-state index in [2.05, 4.69) is 54.2 Å². The van der Waals surface area contributed by atoms with Gasteiger partial charge in [0.25, 0.3) is 5.91 Å². The molecule has 1 N–H and O–H groups in total. The number of carbonyl (C=O) groups excluding carboxylic acids is 2. The molecule has 0 radical (unpaired) electrons. The molecule has 6 heteroatoms. The monoisotopic (exact) mass is 474 g/mol. The molecule has 35 heavy (non-hydrogen) atoms. The van der Waals surface area contributed by atoms with Crippen molar-refractivity contribution in [3.05, 3.63) is 59.4 Å². The van der Waals surface area contributed by atoms with Crippen LogP contribution in [0, 0.1) is 10.8 Å². The molecule has 2 amide bonds. The first-order valence-corrected chi connectivity index (χ1v) is 13.1. The number of anilines is 1. The van der Waals surface area contributed by atoms with E-state index in [0.717, 1.165) is 63.0 Å². The second-order valence-corrected chi connectivity index (χ2v) is 12.0. The van der Waals surface area contributed by atoms with Crippen LogP contribution in [0.15, 0.2) is 42.7 Å². The zero-order chi connectivity index (χ0) is 24.6. The predicted octanol–water partition coefficient (Wildman–Crippen LogP) is 4.75. The zero-order valence-corrected chi connectivity index (χ0v) is 21.3. The Balaban J connectivity index is 1.21. The van der Waals surface area contributed by atoms with Gasteiger partial charge in [-0.2, -0.15) is 0 Å². The van der Waals surface area contributed by atoms with Crippen LogP contribution < -0.4 is 10.2 Å². The predicted molar refractivity (Wildman–Crippen MR) is 138 cm³/mol. The summed E-state index contributed by atoms with van der Waals surface area (Å²) in [5, 5.41) is 3.22. The molecule has 3 aliphatic rings. The molecule has 2 aliphatic heterocycles. The fourth-order valence-corrected chi connectivity index (χ4v) is 6.10. The van der Waals surface area contributed by atoms with Gasteiger partial charge in [0.15, 0.2) is 0 Å². The number of amides is 2. The Labute approximate surface area is 209 Å². The molecular formula is C29H38N4O2. The van der Waals surface area contributed by atoms with E-state index in [4.69, 9.17) is 0 Å². The van der Waals surface area contributed by atoms with Gasteiger partial charge in [-0.3, -0.25) is 14.6 Å². The first-order valence-electron chi connectivity index (χ1n) is 13.1. The summed E-state index contributed by atoms with van der Waals surface area (Å²) >= 11 is 0. The van der Waals surface area contributed by atoms with E-state index in [0.29, 0.717) is 11.8 Å². The third-order valence-corrected chi connectivity index (χ3v) is 8.07. The summed E-state index contributed by atoms with van der Waals surface area (Å²) in [6.45, 7) is 10.0. The lowest BCUT2D eigenvalue weighted by Gasteiger charge is -2.39. The summed E-state index contributed by atoms with van der Waals surface area (Å²) in [4.78, 5) is 34.6. The zero-order valence-electron chi connectivity index (χ0n) is 21.3. The Morgan fingerprint density at radius 1 is 1.06 bits per heavy atom. The standard InChI is InChI=1S/C29H38N4O2/c1-28(2,3)19-26(34)31-25-7-6-21-4-5-22(18-24(21)25)27(35)32-15-10-29(11-16-32)12-17-33(20-29)23-8-13-30-14-9-23/h4-5,8-9,13-14,18,25H,6-7,10-12,15-17,19-20H2,1-3H3,(H,31,34). The van der Waals surface area contributed by atoms with Crippen molar-refractivity contribution < 1.29 is 9.59 Å². The van der Waals surface area contributed by atoms with Gasteiger partial charge in [0.2, 0.25) is 5.91 Å². The summed E-state index contributed by atoms with van der Waals surface area (Å²) in [7, 11) is 0. The van der Waals surface area contributed by atoms with Gasteiger partial charge < -0.3 is 15.1 Å². The molecule has 3 heterocycles. The Kier molecular flexibility index (Phi) is 6.32. The van der Waals surface area contributed by atoms with Gasteiger partial charge in [0, 0.05) is 56.2 Å². The summed E-state index contributed by atoms with van der Waals surface area (Å²) in [5.41, 5.74) is 4.64. The third kappa shape index (κ3) is 5.21. The minimum atomic E-state index is -0.0381. The number of aromatic nitrogens is 1. The molecule has 1 aromatic carbocycles. The van der Waals surface area contributed by atoms with Crippen molar-refractivity contribution in [2.75, 3.05) is 31.1 Å². The lowest BCUT2D eigenvalue weighted by molar-refractivity contribution is -0.123. The number of likely N-dealkylation sites (tertiary alicyclic amines) is 1. The Bertz CT molecular complexity index is 1080. The molecule has 0 bridgehead atoms. The largest absolute Gasteiger partial charge is 0.371 e. The summed E-state index contributed by atoms with van der Waals surface area (Å²) in [6, 6.07) is 10.3. The SMILES string of the molecule is CC(C)(C)CC(=O)NC1CCc2ccc(C(=O)N3CCC4(CC3)CCN(c3ccncc3)C4)cc21. The van der Waals surface area contributed by atoms with E-state index in [-0.39, 0.29) is 23.3 Å². The van der Waals surface area contributed by atoms with Gasteiger partial charge in [-0.25, -0.2) is 0 Å². The molecule has 2 aromatic rings. The van der Waals surface area contributed by atoms with E-state index in [9.17, 15) is 9.59 Å². The smallest absolute Gasteiger partial charge is 0.253 e. The molecule has 5 rings (SSSR count). The highest BCUT2D eigenvalue weighted by molar-refractivity contribution is 5.94. The highest BCUT2D eigenvalue weighted by atomic mass is 16.2. The fourth-order valence-electron chi connectivity index (χ4n) is 6.10. The van der Waals surface area contributed by atoms with Crippen LogP contribution in [-0.4, -0.2) is 47.9 Å². The van der Waals surface area contributed by atoms with Crippen molar-refractivity contribution in [2.45, 2.75) is 65.3 Å². The minimum Gasteiger partial charge on any atom is -0.371 e. The van der Waals surface area contributed by atoms with Crippen LogP contribution in [0.3, 0.4) is 0 Å². The maximum absolute atomic E-state index is 13.4. The topological polar surface area (TPSA) is 65.5 Å². The van der Waals surface area contributed by atoms with E-state index in [1.807, 2.05) is 29.4 Å². The third-order valence-electron chi connectivity index (χ3n) is 8.07. The van der Waals surface area contributed by atoms with Crippen LogP contribution in [0.1, 0.15) is 80.4 Å². The number of carbonyl (C=O) groups is 2. The Morgan fingerprint density at radius 2 is 1.77 bits per heavy atom. The molecule has 1 atom stereocenters. The van der Waals surface area contributed by atoms with E-state index < -0.39 is 0 Å². The Morgan fingerprint density at radius 3 is 2.49 bits per heavy atom. The van der Waals surface area contributed by atoms with Gasteiger partial charge in [-0.1, -0.05) is 26.8 Å².